The Kier molecular flexibility index (Phi) is 4.09. The van der Waals surface area contributed by atoms with E-state index >= 15 is 0 Å². The van der Waals surface area contributed by atoms with Crippen LogP contribution >= 0.6 is 0 Å². The first kappa shape index (κ1) is 12.0. The monoisotopic (exact) mass is 234 g/mol. The molecule has 4 nitrogen and oxygen atoms in total. The van der Waals surface area contributed by atoms with Crippen LogP contribution in [0.25, 0.3) is 0 Å². The SMILES string of the molecule is O=C(O)CC1CCCN1CCc1ccncc1. The minimum Gasteiger partial charge on any atom is -0.481 e. The van der Waals surface area contributed by atoms with Crippen LogP contribution in [0.5, 0.6) is 0 Å². The summed E-state index contributed by atoms with van der Waals surface area (Å²) in [4.78, 5) is 17.0. The van der Waals surface area contributed by atoms with Gasteiger partial charge in [-0.15, -0.1) is 0 Å². The van der Waals surface area contributed by atoms with Crippen LogP contribution in [0.1, 0.15) is 24.8 Å². The van der Waals surface area contributed by atoms with Gasteiger partial charge in [0.25, 0.3) is 0 Å². The maximum absolute atomic E-state index is 10.7. The molecule has 2 heterocycles. The lowest BCUT2D eigenvalue weighted by molar-refractivity contribution is -0.138. The zero-order valence-electron chi connectivity index (χ0n) is 9.88. The van der Waals surface area contributed by atoms with Crippen molar-refractivity contribution in [2.24, 2.45) is 0 Å². The van der Waals surface area contributed by atoms with Crippen molar-refractivity contribution in [3.05, 3.63) is 30.1 Å². The van der Waals surface area contributed by atoms with Crippen molar-refractivity contribution >= 4 is 5.97 Å². The van der Waals surface area contributed by atoms with Crippen molar-refractivity contribution in [1.82, 2.24) is 9.88 Å². The molecule has 1 aromatic heterocycles. The highest BCUT2D eigenvalue weighted by Gasteiger charge is 2.25. The number of aliphatic carboxylic acids is 1. The number of rotatable bonds is 5. The van der Waals surface area contributed by atoms with Gasteiger partial charge in [-0.2, -0.15) is 0 Å². The Labute approximate surface area is 101 Å². The molecule has 2 rings (SSSR count). The molecule has 1 aromatic rings. The molecule has 0 bridgehead atoms. The molecule has 1 atom stereocenters. The minimum atomic E-state index is -0.689. The second kappa shape index (κ2) is 5.77. The number of likely N-dealkylation sites (tertiary alicyclic amines) is 1. The minimum absolute atomic E-state index is 0.231. The average molecular weight is 234 g/mol. The predicted octanol–water partition coefficient (Wildman–Crippen LogP) is 1.56. The van der Waals surface area contributed by atoms with Crippen molar-refractivity contribution < 1.29 is 9.90 Å². The van der Waals surface area contributed by atoms with Gasteiger partial charge < -0.3 is 5.11 Å². The highest BCUT2D eigenvalue weighted by molar-refractivity contribution is 5.67. The summed E-state index contributed by atoms with van der Waals surface area (Å²) in [5, 5.41) is 8.84. The zero-order valence-corrected chi connectivity index (χ0v) is 9.88. The van der Waals surface area contributed by atoms with Crippen molar-refractivity contribution in [3.63, 3.8) is 0 Å². The molecular weight excluding hydrogens is 216 g/mol. The van der Waals surface area contributed by atoms with Crippen molar-refractivity contribution in [3.8, 4) is 0 Å². The molecule has 0 aliphatic carbocycles. The maximum atomic E-state index is 10.7. The van der Waals surface area contributed by atoms with Gasteiger partial charge in [-0.1, -0.05) is 0 Å². The highest BCUT2D eigenvalue weighted by atomic mass is 16.4. The van der Waals surface area contributed by atoms with Gasteiger partial charge in [0, 0.05) is 25.0 Å². The van der Waals surface area contributed by atoms with Crippen LogP contribution in [0.4, 0.5) is 0 Å². The van der Waals surface area contributed by atoms with Crippen molar-refractivity contribution in [2.45, 2.75) is 31.7 Å². The van der Waals surface area contributed by atoms with E-state index in [4.69, 9.17) is 5.11 Å². The Bertz CT molecular complexity index is 367. The van der Waals surface area contributed by atoms with Crippen molar-refractivity contribution in [1.29, 1.82) is 0 Å². The Morgan fingerprint density at radius 1 is 1.47 bits per heavy atom. The summed E-state index contributed by atoms with van der Waals surface area (Å²) < 4.78 is 0. The molecule has 1 aliphatic rings. The van der Waals surface area contributed by atoms with Crippen LogP contribution in [-0.4, -0.2) is 40.1 Å². The van der Waals surface area contributed by atoms with E-state index in [1.807, 2.05) is 12.1 Å². The molecule has 0 amide bonds. The van der Waals surface area contributed by atoms with Crippen LogP contribution in [0.15, 0.2) is 24.5 Å². The topological polar surface area (TPSA) is 53.4 Å². The molecule has 1 aliphatic heterocycles. The smallest absolute Gasteiger partial charge is 0.304 e. The number of aromatic nitrogens is 1. The predicted molar refractivity (Wildman–Crippen MR) is 64.8 cm³/mol. The van der Waals surface area contributed by atoms with E-state index in [-0.39, 0.29) is 12.5 Å². The quantitative estimate of drug-likeness (QED) is 0.840. The molecule has 17 heavy (non-hydrogen) atoms. The number of carboxylic acid groups (broad SMARTS) is 1. The standard InChI is InChI=1S/C13H18N2O2/c16-13(17)10-12-2-1-8-15(12)9-5-11-3-6-14-7-4-11/h3-4,6-7,12H,1-2,5,8-10H2,(H,16,17). The third-order valence-corrected chi connectivity index (χ3v) is 3.35. The molecule has 1 unspecified atom stereocenters. The van der Waals surface area contributed by atoms with Gasteiger partial charge >= 0.3 is 5.97 Å². The average Bonchev–Trinajstić information content (AvgIpc) is 2.74. The van der Waals surface area contributed by atoms with E-state index in [0.29, 0.717) is 0 Å². The summed E-state index contributed by atoms with van der Waals surface area (Å²) >= 11 is 0. The molecule has 0 radical (unpaired) electrons. The lowest BCUT2D eigenvalue weighted by atomic mass is 10.1. The first-order valence-corrected chi connectivity index (χ1v) is 6.10. The van der Waals surface area contributed by atoms with Gasteiger partial charge in [0.1, 0.15) is 0 Å². The van der Waals surface area contributed by atoms with Gasteiger partial charge in [-0.05, 0) is 43.5 Å². The summed E-state index contributed by atoms with van der Waals surface area (Å²) in [6, 6.07) is 4.26. The fraction of sp³-hybridized carbons (Fsp3) is 0.538. The third-order valence-electron chi connectivity index (χ3n) is 3.35. The van der Waals surface area contributed by atoms with Crippen molar-refractivity contribution in [2.75, 3.05) is 13.1 Å². The zero-order chi connectivity index (χ0) is 12.1. The summed E-state index contributed by atoms with van der Waals surface area (Å²) in [5.74, 6) is -0.689. The summed E-state index contributed by atoms with van der Waals surface area (Å²) in [6.45, 7) is 1.98. The second-order valence-corrected chi connectivity index (χ2v) is 4.54. The number of carbonyl (C=O) groups is 1. The van der Waals surface area contributed by atoms with E-state index in [9.17, 15) is 4.79 Å². The molecule has 1 fully saturated rings. The molecule has 0 spiro atoms. The molecule has 4 heteroatoms. The van der Waals surface area contributed by atoms with Crippen LogP contribution in [0, 0.1) is 0 Å². The highest BCUT2D eigenvalue weighted by Crippen LogP contribution is 2.20. The molecule has 1 N–H and O–H groups in total. The van der Waals surface area contributed by atoms with Gasteiger partial charge in [0.15, 0.2) is 0 Å². The number of nitrogens with zero attached hydrogens (tertiary/aromatic N) is 2. The van der Waals surface area contributed by atoms with Crippen LogP contribution in [0.2, 0.25) is 0 Å². The van der Waals surface area contributed by atoms with E-state index in [2.05, 4.69) is 9.88 Å². The van der Waals surface area contributed by atoms with E-state index in [0.717, 1.165) is 32.4 Å². The fourth-order valence-electron chi connectivity index (χ4n) is 2.44. The first-order valence-electron chi connectivity index (χ1n) is 6.10. The van der Waals surface area contributed by atoms with Gasteiger partial charge in [0.05, 0.1) is 6.42 Å². The molecular formula is C13H18N2O2. The molecule has 0 aromatic carbocycles. The molecule has 1 saturated heterocycles. The summed E-state index contributed by atoms with van der Waals surface area (Å²) in [7, 11) is 0. The third kappa shape index (κ3) is 3.53. The second-order valence-electron chi connectivity index (χ2n) is 4.54. The Hall–Kier alpha value is -1.42. The van der Waals surface area contributed by atoms with E-state index in [1.54, 1.807) is 12.4 Å². The number of hydrogen-bond acceptors (Lipinski definition) is 3. The number of pyridine rings is 1. The maximum Gasteiger partial charge on any atom is 0.304 e. The van der Waals surface area contributed by atoms with Crippen LogP contribution < -0.4 is 0 Å². The molecule has 92 valence electrons. The lowest BCUT2D eigenvalue weighted by Gasteiger charge is -2.22. The summed E-state index contributed by atoms with van der Waals surface area (Å²) in [5.41, 5.74) is 1.26. The number of hydrogen-bond donors (Lipinski definition) is 1. The Balaban J connectivity index is 1.84. The molecule has 0 saturated carbocycles. The fourth-order valence-corrected chi connectivity index (χ4v) is 2.44. The first-order chi connectivity index (χ1) is 8.25. The van der Waals surface area contributed by atoms with Crippen LogP contribution in [-0.2, 0) is 11.2 Å². The van der Waals surface area contributed by atoms with Gasteiger partial charge in [-0.25, -0.2) is 0 Å². The Morgan fingerprint density at radius 2 is 2.24 bits per heavy atom. The summed E-state index contributed by atoms with van der Waals surface area (Å²) in [6.07, 6.45) is 6.98. The van der Waals surface area contributed by atoms with Gasteiger partial charge in [0.2, 0.25) is 0 Å². The largest absolute Gasteiger partial charge is 0.481 e. The van der Waals surface area contributed by atoms with Gasteiger partial charge in [-0.3, -0.25) is 14.7 Å². The lowest BCUT2D eigenvalue weighted by Crippen LogP contribution is -2.33. The van der Waals surface area contributed by atoms with E-state index < -0.39 is 5.97 Å². The Morgan fingerprint density at radius 3 is 2.94 bits per heavy atom. The van der Waals surface area contributed by atoms with E-state index in [1.165, 1.54) is 5.56 Å². The normalized spacial score (nSPS) is 20.6. The number of carboxylic acids is 1. The van der Waals surface area contributed by atoms with Crippen LogP contribution in [0.3, 0.4) is 0 Å².